The molecule has 1 aliphatic carbocycles. The normalized spacial score (nSPS) is 17.0. The van der Waals surface area contributed by atoms with Crippen molar-refractivity contribution in [3.8, 4) is 23.0 Å². The molecule has 286 valence electrons. The van der Waals surface area contributed by atoms with E-state index in [9.17, 15) is 19.8 Å². The van der Waals surface area contributed by atoms with Crippen molar-refractivity contribution in [2.75, 3.05) is 0 Å². The van der Waals surface area contributed by atoms with Crippen molar-refractivity contribution in [2.24, 2.45) is 5.92 Å². The second-order valence-corrected chi connectivity index (χ2v) is 28.0. The molecule has 5 rings (SSSR count). The highest BCUT2D eigenvalue weighted by molar-refractivity contribution is 7.99. The maximum absolute atomic E-state index is 12.0. The summed E-state index contributed by atoms with van der Waals surface area (Å²) in [7, 11) is -4.48. The van der Waals surface area contributed by atoms with Crippen molar-refractivity contribution in [1.82, 2.24) is 0 Å². The number of allylic oxidation sites excluding steroid dienone is 1. The summed E-state index contributed by atoms with van der Waals surface area (Å²) in [5.41, 5.74) is 6.99. The van der Waals surface area contributed by atoms with Gasteiger partial charge in [-0.1, -0.05) is 84.5 Å². The number of hydrogen-bond donors (Lipinski definition) is 2. The zero-order chi connectivity index (χ0) is 39.6. The summed E-state index contributed by atoms with van der Waals surface area (Å²) in [5.74, 6) is -0.0426. The topological polar surface area (TPSA) is 112 Å². The Balaban J connectivity index is 1.86. The Morgan fingerprint density at radius 2 is 1.23 bits per heavy atom. The lowest BCUT2D eigenvalue weighted by Gasteiger charge is -2.39. The summed E-state index contributed by atoms with van der Waals surface area (Å²) in [5, 5.41) is 19.5. The van der Waals surface area contributed by atoms with Gasteiger partial charge in [0.25, 0.3) is 16.6 Å². The van der Waals surface area contributed by atoms with Gasteiger partial charge in [0, 0.05) is 16.7 Å². The molecule has 11 heteroatoms. The van der Waals surface area contributed by atoms with Gasteiger partial charge < -0.3 is 28.5 Å². The van der Waals surface area contributed by atoms with E-state index in [0.717, 1.165) is 54.7 Å². The summed E-state index contributed by atoms with van der Waals surface area (Å²) in [6.45, 7) is 29.6. The number of hydrogen-bond acceptors (Lipinski definition) is 7. The summed E-state index contributed by atoms with van der Waals surface area (Å²) in [6.07, 6.45) is -1.68. The van der Waals surface area contributed by atoms with Gasteiger partial charge in [0.1, 0.15) is 11.5 Å². The lowest BCUT2D eigenvalue weighted by molar-refractivity contribution is -0.145. The fourth-order valence-corrected chi connectivity index (χ4v) is 9.70. The third-order valence-electron chi connectivity index (χ3n) is 11.5. The van der Waals surface area contributed by atoms with Gasteiger partial charge in [-0.25, -0.2) is 9.59 Å². The van der Waals surface area contributed by atoms with Crippen LogP contribution in [-0.4, -0.2) is 51.0 Å². The minimum absolute atomic E-state index is 0.0116. The van der Waals surface area contributed by atoms with Gasteiger partial charge in [0.05, 0.1) is 9.79 Å². The fourth-order valence-electron chi connectivity index (χ4n) is 6.31. The third-order valence-corrected chi connectivity index (χ3v) is 21.4. The summed E-state index contributed by atoms with van der Waals surface area (Å²) >= 11 is 1.71. The highest BCUT2D eigenvalue weighted by atomic mass is 32.2. The number of carbonyl (C=O) groups is 2. The number of carboxylic acids is 2. The van der Waals surface area contributed by atoms with Crippen LogP contribution in [0.4, 0.5) is 0 Å². The van der Waals surface area contributed by atoms with E-state index in [1.54, 1.807) is 11.8 Å². The minimum atomic E-state index is -2.24. The summed E-state index contributed by atoms with van der Waals surface area (Å²) in [6, 6.07) is 14.5. The molecule has 3 aromatic carbocycles. The standard InChI is InChI=1S/C42H56O8SSi2/c1-23-21-27-22-32(47-25(3)39(43)44)36(48-26(4)40(45)46)24(2)34(27)33(23)35-28-17-15-19-30(49-52(11,12)41(5,6)7)37(28)51-38-29(35)18-16-20-31(38)50-53(13,14)42(8,9)10/h15-20,22-23,25-26H,21H2,1-14H3,(H,43,44)(H,45,46)/t23-,25-,26-/m1/s1. The second kappa shape index (κ2) is 14.2. The average molecular weight is 777 g/mol. The van der Waals surface area contributed by atoms with Crippen LogP contribution in [0, 0.1) is 12.8 Å². The molecule has 8 nitrogen and oxygen atoms in total. The van der Waals surface area contributed by atoms with E-state index in [0.29, 0.717) is 12.0 Å². The zero-order valence-electron chi connectivity index (χ0n) is 33.7. The first kappa shape index (κ1) is 40.5. The quantitative estimate of drug-likeness (QED) is 0.152. The lowest BCUT2D eigenvalue weighted by Crippen LogP contribution is -2.44. The maximum atomic E-state index is 12.0. The molecule has 1 aliphatic heterocycles. The Kier molecular flexibility index (Phi) is 10.8. The maximum Gasteiger partial charge on any atom is 0.344 e. The van der Waals surface area contributed by atoms with Gasteiger partial charge in [-0.05, 0) is 110 Å². The largest absolute Gasteiger partial charge is 0.543 e. The first-order chi connectivity index (χ1) is 24.4. The summed E-state index contributed by atoms with van der Waals surface area (Å²) < 4.78 is 26.2. The molecule has 2 aliphatic rings. The van der Waals surface area contributed by atoms with E-state index in [-0.39, 0.29) is 27.5 Å². The Morgan fingerprint density at radius 1 is 0.774 bits per heavy atom. The van der Waals surface area contributed by atoms with Crippen LogP contribution in [0.3, 0.4) is 0 Å². The van der Waals surface area contributed by atoms with E-state index in [4.69, 9.17) is 18.3 Å². The minimum Gasteiger partial charge on any atom is -0.543 e. The van der Waals surface area contributed by atoms with Crippen molar-refractivity contribution >= 4 is 51.5 Å². The van der Waals surface area contributed by atoms with Gasteiger partial charge in [-0.2, -0.15) is 0 Å². The Labute approximate surface area is 321 Å². The van der Waals surface area contributed by atoms with Crippen molar-refractivity contribution in [3.63, 3.8) is 0 Å². The number of rotatable bonds is 10. The molecule has 0 saturated carbocycles. The molecule has 0 bridgehead atoms. The SMILES string of the molecule is Cc1c(O[C@H](C)C(=O)O)c(O[C@H](C)C(=O)O)cc2c1C(=C1c3cccc(O[Si](C)(C)C(C)(C)C)c3Sc3c(O[Si](C)(C)C(C)(C)C)cccc31)[C@H](C)C2. The van der Waals surface area contributed by atoms with Crippen LogP contribution in [0.2, 0.25) is 36.3 Å². The van der Waals surface area contributed by atoms with Gasteiger partial charge >= 0.3 is 11.9 Å². The molecule has 53 heavy (non-hydrogen) atoms. The molecule has 0 aromatic heterocycles. The molecular formula is C42H56O8SSi2. The number of fused-ring (bicyclic) bond motifs is 3. The van der Waals surface area contributed by atoms with Crippen LogP contribution < -0.4 is 18.3 Å². The first-order valence-corrected chi connectivity index (χ1v) is 25.0. The molecule has 3 atom stereocenters. The number of ether oxygens (including phenoxy) is 2. The number of aliphatic carboxylic acids is 2. The molecule has 0 radical (unpaired) electrons. The number of benzene rings is 3. The molecule has 0 saturated heterocycles. The molecule has 2 N–H and O–H groups in total. The van der Waals surface area contributed by atoms with Gasteiger partial charge in [-0.15, -0.1) is 0 Å². The van der Waals surface area contributed by atoms with E-state index in [1.165, 1.54) is 13.8 Å². The van der Waals surface area contributed by atoms with E-state index >= 15 is 0 Å². The molecule has 0 unspecified atom stereocenters. The van der Waals surface area contributed by atoms with Crippen LogP contribution in [0.25, 0.3) is 11.1 Å². The van der Waals surface area contributed by atoms with Crippen LogP contribution in [0.1, 0.15) is 90.1 Å². The Hall–Kier alpha value is -3.68. The highest BCUT2D eigenvalue weighted by Crippen LogP contribution is 2.58. The van der Waals surface area contributed by atoms with E-state index < -0.39 is 40.8 Å². The average Bonchev–Trinajstić information content (AvgIpc) is 3.35. The molecule has 0 amide bonds. The molecule has 0 spiro atoms. The Morgan fingerprint density at radius 3 is 1.66 bits per heavy atom. The zero-order valence-corrected chi connectivity index (χ0v) is 36.5. The van der Waals surface area contributed by atoms with Crippen molar-refractivity contribution in [1.29, 1.82) is 0 Å². The highest BCUT2D eigenvalue weighted by Gasteiger charge is 2.43. The van der Waals surface area contributed by atoms with Crippen molar-refractivity contribution in [3.05, 3.63) is 70.3 Å². The second-order valence-electron chi connectivity index (χ2n) is 17.5. The monoisotopic (exact) mass is 776 g/mol. The van der Waals surface area contributed by atoms with Gasteiger partial charge in [0.2, 0.25) is 0 Å². The predicted octanol–water partition coefficient (Wildman–Crippen LogP) is 11.1. The van der Waals surface area contributed by atoms with Crippen LogP contribution in [0.5, 0.6) is 23.0 Å². The lowest BCUT2D eigenvalue weighted by atomic mass is 9.85. The number of carboxylic acid groups (broad SMARTS) is 2. The van der Waals surface area contributed by atoms with Crippen LogP contribution in [-0.2, 0) is 16.0 Å². The van der Waals surface area contributed by atoms with Crippen LogP contribution in [0.15, 0.2) is 52.3 Å². The third kappa shape index (κ3) is 7.66. The fraction of sp³-hybridized carbons (Fsp3) is 0.476. The van der Waals surface area contributed by atoms with E-state index in [1.807, 2.05) is 13.0 Å². The van der Waals surface area contributed by atoms with Crippen molar-refractivity contribution < 1.29 is 38.1 Å². The smallest absolute Gasteiger partial charge is 0.344 e. The molecule has 1 heterocycles. The molecule has 3 aromatic rings. The molecule has 0 fully saturated rings. The Bertz CT molecular complexity index is 1910. The predicted molar refractivity (Wildman–Crippen MR) is 218 cm³/mol. The van der Waals surface area contributed by atoms with Crippen molar-refractivity contribution in [2.45, 2.75) is 134 Å². The summed E-state index contributed by atoms with van der Waals surface area (Å²) in [4.78, 5) is 26.0. The van der Waals surface area contributed by atoms with E-state index in [2.05, 4.69) is 111 Å². The van der Waals surface area contributed by atoms with Gasteiger partial charge in [0.15, 0.2) is 23.7 Å². The van der Waals surface area contributed by atoms with Gasteiger partial charge in [-0.3, -0.25) is 0 Å². The molecular weight excluding hydrogens is 721 g/mol. The first-order valence-electron chi connectivity index (χ1n) is 18.4. The van der Waals surface area contributed by atoms with Crippen LogP contribution >= 0.6 is 11.8 Å².